The highest BCUT2D eigenvalue weighted by atomic mass is 16.4. The molecule has 0 aliphatic heterocycles. The van der Waals surface area contributed by atoms with Crippen molar-refractivity contribution >= 4 is 5.97 Å². The molecule has 1 heterocycles. The summed E-state index contributed by atoms with van der Waals surface area (Å²) in [6.07, 6.45) is 18.9. The summed E-state index contributed by atoms with van der Waals surface area (Å²) in [6, 6.07) is 8.30. The average Bonchev–Trinajstić information content (AvgIpc) is 3.18. The van der Waals surface area contributed by atoms with Crippen LogP contribution in [0.1, 0.15) is 87.3 Å². The lowest BCUT2D eigenvalue weighted by atomic mass is 10.1. The van der Waals surface area contributed by atoms with Gasteiger partial charge in [-0.05, 0) is 18.6 Å². The van der Waals surface area contributed by atoms with Gasteiger partial charge in [-0.25, -0.2) is 9.78 Å². The number of carbonyl (C=O) groups is 1. The first-order valence-electron chi connectivity index (χ1n) is 10.0. The molecule has 2 rings (SSSR count). The van der Waals surface area contributed by atoms with Gasteiger partial charge in [-0.2, -0.15) is 0 Å². The van der Waals surface area contributed by atoms with Crippen molar-refractivity contribution in [1.82, 2.24) is 9.97 Å². The van der Waals surface area contributed by atoms with Gasteiger partial charge in [0.2, 0.25) is 0 Å². The van der Waals surface area contributed by atoms with Crippen molar-refractivity contribution in [2.45, 2.75) is 77.6 Å². The van der Waals surface area contributed by atoms with Crippen molar-refractivity contribution in [3.8, 4) is 0 Å². The third kappa shape index (κ3) is 11.5. The van der Waals surface area contributed by atoms with E-state index in [1.165, 1.54) is 64.2 Å². The van der Waals surface area contributed by atoms with Crippen LogP contribution < -0.4 is 0 Å². The number of aromatic carboxylic acids is 1. The summed E-state index contributed by atoms with van der Waals surface area (Å²) in [4.78, 5) is 17.6. The summed E-state index contributed by atoms with van der Waals surface area (Å²) in [7, 11) is 0. The molecule has 2 N–H and O–H groups in total. The first kappa shape index (κ1) is 21.9. The molecule has 0 atom stereocenters. The summed E-state index contributed by atoms with van der Waals surface area (Å²) in [5.74, 6) is 0.264. The van der Waals surface area contributed by atoms with Crippen molar-refractivity contribution in [3.05, 3.63) is 54.1 Å². The number of carboxylic acid groups (broad SMARTS) is 1. The summed E-state index contributed by atoms with van der Waals surface area (Å²) < 4.78 is 0. The summed E-state index contributed by atoms with van der Waals surface area (Å²) in [5, 5.41) is 8.38. The number of rotatable bonds is 12. The van der Waals surface area contributed by atoms with E-state index < -0.39 is 5.97 Å². The van der Waals surface area contributed by atoms with Crippen LogP contribution in [-0.4, -0.2) is 21.0 Å². The molecule has 0 aliphatic carbocycles. The van der Waals surface area contributed by atoms with Crippen LogP contribution in [0.25, 0.3) is 0 Å². The molecule has 0 aliphatic rings. The Morgan fingerprint density at radius 2 is 1.50 bits per heavy atom. The van der Waals surface area contributed by atoms with E-state index in [0.29, 0.717) is 5.56 Å². The Bertz CT molecular complexity index is 553. The second-order valence-corrected chi connectivity index (χ2v) is 6.64. The van der Waals surface area contributed by atoms with Gasteiger partial charge in [-0.15, -0.1) is 0 Å². The number of hydrogen-bond donors (Lipinski definition) is 2. The van der Waals surface area contributed by atoms with E-state index in [1.54, 1.807) is 30.3 Å². The molecule has 0 radical (unpaired) electrons. The molecule has 4 heteroatoms. The van der Waals surface area contributed by atoms with Crippen LogP contribution in [0.3, 0.4) is 0 Å². The van der Waals surface area contributed by atoms with Gasteiger partial charge in [0, 0.05) is 18.8 Å². The van der Waals surface area contributed by atoms with Crippen LogP contribution in [-0.2, 0) is 6.42 Å². The Morgan fingerprint density at radius 3 is 1.96 bits per heavy atom. The Balaban J connectivity index is 0.000000314. The first-order valence-corrected chi connectivity index (χ1v) is 10.0. The number of aromatic nitrogens is 2. The smallest absolute Gasteiger partial charge is 0.335 e. The van der Waals surface area contributed by atoms with E-state index in [4.69, 9.17) is 5.11 Å². The van der Waals surface area contributed by atoms with Crippen molar-refractivity contribution in [1.29, 1.82) is 0 Å². The predicted molar refractivity (Wildman–Crippen MR) is 108 cm³/mol. The lowest BCUT2D eigenvalue weighted by Gasteiger charge is -2.01. The van der Waals surface area contributed by atoms with Crippen molar-refractivity contribution < 1.29 is 9.90 Å². The number of nitrogens with zero attached hydrogens (tertiary/aromatic N) is 1. The molecule has 0 fully saturated rings. The van der Waals surface area contributed by atoms with Gasteiger partial charge in [0.25, 0.3) is 0 Å². The molecule has 1 aromatic heterocycles. The minimum atomic E-state index is -0.879. The standard InChI is InChI=1S/C15H28N2.C7H6O2/c1-2-3-4-5-6-7-8-9-10-11-12-15-16-13-14-17-15;8-7(9)6-4-2-1-3-5-6/h13-14H,2-12H2,1H3,(H,16,17);1-5H,(H,8,9). The van der Waals surface area contributed by atoms with E-state index in [2.05, 4.69) is 16.9 Å². The second-order valence-electron chi connectivity index (χ2n) is 6.64. The quantitative estimate of drug-likeness (QED) is 0.440. The molecule has 26 heavy (non-hydrogen) atoms. The Kier molecular flexibility index (Phi) is 12.8. The predicted octanol–water partition coefficient (Wildman–Crippen LogP) is 6.26. The molecule has 4 nitrogen and oxygen atoms in total. The van der Waals surface area contributed by atoms with Gasteiger partial charge >= 0.3 is 5.97 Å². The third-order valence-electron chi connectivity index (χ3n) is 4.34. The van der Waals surface area contributed by atoms with E-state index in [1.807, 2.05) is 12.4 Å². The van der Waals surface area contributed by atoms with Crippen LogP contribution in [0.4, 0.5) is 0 Å². The van der Waals surface area contributed by atoms with Gasteiger partial charge in [0.1, 0.15) is 5.82 Å². The highest BCUT2D eigenvalue weighted by Crippen LogP contribution is 2.11. The Hall–Kier alpha value is -2.10. The SMILES string of the molecule is CCCCCCCCCCCCc1ncc[nH]1.O=C(O)c1ccccc1. The largest absolute Gasteiger partial charge is 0.478 e. The zero-order valence-electron chi connectivity index (χ0n) is 16.1. The number of aromatic amines is 1. The fourth-order valence-corrected chi connectivity index (χ4v) is 2.80. The van der Waals surface area contributed by atoms with Crippen molar-refractivity contribution in [2.24, 2.45) is 0 Å². The van der Waals surface area contributed by atoms with Gasteiger partial charge in [-0.3, -0.25) is 0 Å². The van der Waals surface area contributed by atoms with Gasteiger partial charge in [0.15, 0.2) is 0 Å². The number of benzene rings is 1. The van der Waals surface area contributed by atoms with Crippen LogP contribution in [0.5, 0.6) is 0 Å². The van der Waals surface area contributed by atoms with E-state index >= 15 is 0 Å². The number of carboxylic acids is 1. The zero-order valence-corrected chi connectivity index (χ0v) is 16.1. The monoisotopic (exact) mass is 358 g/mol. The van der Waals surface area contributed by atoms with Crippen molar-refractivity contribution in [2.75, 3.05) is 0 Å². The molecule has 2 aromatic rings. The zero-order chi connectivity index (χ0) is 18.9. The van der Waals surface area contributed by atoms with Crippen LogP contribution in [0.15, 0.2) is 42.7 Å². The van der Waals surface area contributed by atoms with Crippen LogP contribution >= 0.6 is 0 Å². The number of aryl methyl sites for hydroxylation is 1. The number of H-pyrrole nitrogens is 1. The fraction of sp³-hybridized carbons (Fsp3) is 0.545. The number of nitrogens with one attached hydrogen (secondary N) is 1. The Labute approximate surface area is 158 Å². The fourth-order valence-electron chi connectivity index (χ4n) is 2.80. The van der Waals surface area contributed by atoms with E-state index in [0.717, 1.165) is 12.2 Å². The highest BCUT2D eigenvalue weighted by molar-refractivity contribution is 5.87. The maximum Gasteiger partial charge on any atom is 0.335 e. The summed E-state index contributed by atoms with van der Waals surface area (Å²) in [6.45, 7) is 2.28. The van der Waals surface area contributed by atoms with Gasteiger partial charge in [0.05, 0.1) is 5.56 Å². The lowest BCUT2D eigenvalue weighted by molar-refractivity contribution is 0.0697. The van der Waals surface area contributed by atoms with Crippen LogP contribution in [0.2, 0.25) is 0 Å². The van der Waals surface area contributed by atoms with Gasteiger partial charge in [-0.1, -0.05) is 82.9 Å². The van der Waals surface area contributed by atoms with E-state index in [-0.39, 0.29) is 0 Å². The molecule has 0 saturated carbocycles. The molecule has 0 unspecified atom stereocenters. The molecule has 0 saturated heterocycles. The van der Waals surface area contributed by atoms with Crippen LogP contribution in [0, 0.1) is 0 Å². The molecular formula is C22H34N2O2. The number of imidazole rings is 1. The number of hydrogen-bond acceptors (Lipinski definition) is 2. The summed E-state index contributed by atoms with van der Waals surface area (Å²) >= 11 is 0. The first-order chi connectivity index (χ1) is 12.7. The number of unbranched alkanes of at least 4 members (excludes halogenated alkanes) is 9. The maximum absolute atomic E-state index is 10.2. The molecule has 0 spiro atoms. The molecular weight excluding hydrogens is 324 g/mol. The highest BCUT2D eigenvalue weighted by Gasteiger charge is 1.97. The minimum Gasteiger partial charge on any atom is -0.478 e. The summed E-state index contributed by atoms with van der Waals surface area (Å²) in [5.41, 5.74) is 0.331. The molecule has 1 aromatic carbocycles. The van der Waals surface area contributed by atoms with E-state index in [9.17, 15) is 4.79 Å². The van der Waals surface area contributed by atoms with Crippen molar-refractivity contribution in [3.63, 3.8) is 0 Å². The molecule has 0 bridgehead atoms. The second kappa shape index (κ2) is 15.2. The molecule has 0 amide bonds. The lowest BCUT2D eigenvalue weighted by Crippen LogP contribution is -1.93. The normalized spacial score (nSPS) is 10.2. The average molecular weight is 359 g/mol. The third-order valence-corrected chi connectivity index (χ3v) is 4.34. The maximum atomic E-state index is 10.2. The topological polar surface area (TPSA) is 66.0 Å². The Morgan fingerprint density at radius 1 is 0.923 bits per heavy atom. The minimum absolute atomic E-state index is 0.331. The molecule has 144 valence electrons. The van der Waals surface area contributed by atoms with Gasteiger partial charge < -0.3 is 10.1 Å².